The molecule has 3 rings (SSSR count). The minimum atomic E-state index is -0.784. The first-order valence-electron chi connectivity index (χ1n) is 9.91. The van der Waals surface area contributed by atoms with E-state index in [0.717, 1.165) is 15.6 Å². The van der Waals surface area contributed by atoms with Gasteiger partial charge in [0.15, 0.2) is 0 Å². The van der Waals surface area contributed by atoms with Crippen LogP contribution in [0.2, 0.25) is 0 Å². The largest absolute Gasteiger partial charge is 0.298 e. The molecule has 2 amide bonds. The fourth-order valence-electron chi connectivity index (χ4n) is 3.67. The van der Waals surface area contributed by atoms with E-state index in [2.05, 4.69) is 15.9 Å². The number of rotatable bonds is 4. The molecule has 7 heteroatoms. The Morgan fingerprint density at radius 1 is 0.828 bits per heavy atom. The molecule has 0 aromatic heterocycles. The van der Waals surface area contributed by atoms with E-state index < -0.39 is 11.1 Å². The number of nitrogens with zero attached hydrogens (tertiary/aromatic N) is 4. The minimum absolute atomic E-state index is 0.0160. The summed E-state index contributed by atoms with van der Waals surface area (Å²) in [6.45, 7) is 11.8. The molecule has 0 saturated carbocycles. The molecule has 2 heterocycles. The van der Waals surface area contributed by atoms with E-state index in [9.17, 15) is 9.59 Å². The lowest BCUT2D eigenvalue weighted by atomic mass is 9.89. The lowest BCUT2D eigenvalue weighted by Gasteiger charge is -2.24. The molecule has 2 atom stereocenters. The van der Waals surface area contributed by atoms with Crippen LogP contribution < -0.4 is 0 Å². The second-order valence-corrected chi connectivity index (χ2v) is 9.66. The first-order valence-corrected chi connectivity index (χ1v) is 10.7. The van der Waals surface area contributed by atoms with Crippen molar-refractivity contribution < 1.29 is 9.59 Å². The topological polar surface area (TPSA) is 65.3 Å². The Morgan fingerprint density at radius 2 is 1.17 bits per heavy atom. The van der Waals surface area contributed by atoms with Crippen molar-refractivity contribution in [1.29, 1.82) is 0 Å². The Bertz CT molecular complexity index is 880. The van der Waals surface area contributed by atoms with E-state index in [1.165, 1.54) is 0 Å². The van der Waals surface area contributed by atoms with Crippen molar-refractivity contribution in [2.75, 3.05) is 14.1 Å². The Hall–Kier alpha value is -2.02. The zero-order valence-electron chi connectivity index (χ0n) is 18.4. The molecule has 0 fully saturated rings. The van der Waals surface area contributed by atoms with Gasteiger partial charge in [-0.15, -0.1) is 0 Å². The highest BCUT2D eigenvalue weighted by molar-refractivity contribution is 9.10. The highest BCUT2D eigenvalue weighted by Crippen LogP contribution is 2.36. The average molecular weight is 461 g/mol. The van der Waals surface area contributed by atoms with Crippen LogP contribution in [0, 0.1) is 11.8 Å². The van der Waals surface area contributed by atoms with Crippen molar-refractivity contribution in [1.82, 2.24) is 9.80 Å². The van der Waals surface area contributed by atoms with Gasteiger partial charge in [0, 0.05) is 29.7 Å². The second kappa shape index (κ2) is 7.04. The third kappa shape index (κ3) is 3.05. The second-order valence-electron chi connectivity index (χ2n) is 8.87. The highest BCUT2D eigenvalue weighted by atomic mass is 79.9. The number of hydrogen-bond donors (Lipinski definition) is 0. The molecule has 0 aliphatic carbocycles. The predicted octanol–water partition coefficient (Wildman–Crippen LogP) is 3.72. The summed E-state index contributed by atoms with van der Waals surface area (Å²) in [5.74, 6) is 1.37. The van der Waals surface area contributed by atoms with Crippen LogP contribution in [-0.2, 0) is 9.59 Å². The lowest BCUT2D eigenvalue weighted by Crippen LogP contribution is -2.42. The normalized spacial score (nSPS) is 27.4. The molecular weight excluding hydrogens is 432 g/mol. The van der Waals surface area contributed by atoms with Gasteiger partial charge in [0.2, 0.25) is 0 Å². The van der Waals surface area contributed by atoms with Crippen LogP contribution in [0.5, 0.6) is 0 Å². The molecule has 2 aliphatic rings. The van der Waals surface area contributed by atoms with Gasteiger partial charge in [-0.2, -0.15) is 0 Å². The predicted molar refractivity (Wildman–Crippen MR) is 119 cm³/mol. The third-order valence-corrected chi connectivity index (χ3v) is 7.37. The van der Waals surface area contributed by atoms with Crippen LogP contribution >= 0.6 is 15.9 Å². The molecule has 156 valence electrons. The molecule has 1 aromatic carbocycles. The fraction of sp³-hybridized carbons (Fsp3) is 0.545. The summed E-state index contributed by atoms with van der Waals surface area (Å²) in [4.78, 5) is 38.6. The molecule has 0 N–H and O–H groups in total. The number of carbonyl (C=O) groups is 2. The van der Waals surface area contributed by atoms with Crippen LogP contribution in [0.3, 0.4) is 0 Å². The van der Waals surface area contributed by atoms with Gasteiger partial charge in [0.1, 0.15) is 22.7 Å². The molecule has 6 nitrogen and oxygen atoms in total. The number of benzene rings is 1. The first-order chi connectivity index (χ1) is 13.4. The minimum Gasteiger partial charge on any atom is -0.298 e. The maximum Gasteiger partial charge on any atom is 0.255 e. The van der Waals surface area contributed by atoms with Crippen LogP contribution in [0.15, 0.2) is 32.7 Å². The first kappa shape index (κ1) is 21.7. The molecule has 1 aromatic rings. The third-order valence-electron chi connectivity index (χ3n) is 6.52. The van der Waals surface area contributed by atoms with E-state index in [4.69, 9.17) is 9.98 Å². The van der Waals surface area contributed by atoms with Crippen LogP contribution in [0.1, 0.15) is 52.7 Å². The van der Waals surface area contributed by atoms with Gasteiger partial charge in [0.25, 0.3) is 11.8 Å². The number of likely N-dealkylation sites (N-methyl/N-ethyl adjacent to an activating group) is 2. The van der Waals surface area contributed by atoms with Crippen LogP contribution in [0.25, 0.3) is 0 Å². The molecule has 0 bridgehead atoms. The zero-order valence-corrected chi connectivity index (χ0v) is 20.0. The smallest absolute Gasteiger partial charge is 0.255 e. The van der Waals surface area contributed by atoms with Gasteiger partial charge >= 0.3 is 0 Å². The van der Waals surface area contributed by atoms with E-state index in [1.54, 1.807) is 23.9 Å². The van der Waals surface area contributed by atoms with Crippen molar-refractivity contribution in [3.05, 3.63) is 33.8 Å². The summed E-state index contributed by atoms with van der Waals surface area (Å²) < 4.78 is 0.776. The molecule has 29 heavy (non-hydrogen) atoms. The van der Waals surface area contributed by atoms with E-state index in [-0.39, 0.29) is 23.7 Å². The summed E-state index contributed by atoms with van der Waals surface area (Å²) in [6.07, 6.45) is 0. The zero-order chi connectivity index (χ0) is 21.9. The summed E-state index contributed by atoms with van der Waals surface area (Å²) in [5.41, 5.74) is 0.0506. The molecule has 2 aliphatic heterocycles. The number of hydrogen-bond acceptors (Lipinski definition) is 4. The maximum absolute atomic E-state index is 12.9. The van der Waals surface area contributed by atoms with Crippen LogP contribution in [-0.4, -0.2) is 58.5 Å². The summed E-state index contributed by atoms with van der Waals surface area (Å²) in [7, 11) is 3.51. The molecular formula is C22H29BrN4O2. The quantitative estimate of drug-likeness (QED) is 0.686. The molecule has 0 spiro atoms. The Balaban J connectivity index is 2.14. The van der Waals surface area contributed by atoms with Gasteiger partial charge in [-0.05, 0) is 41.6 Å². The number of aliphatic imine (C=N–C) groups is 2. The lowest BCUT2D eigenvalue weighted by molar-refractivity contribution is -0.131. The molecule has 0 unspecified atom stereocenters. The van der Waals surface area contributed by atoms with Gasteiger partial charge in [-0.3, -0.25) is 29.4 Å². The number of halogens is 1. The number of carbonyl (C=O) groups excluding carboxylic acids is 2. The van der Waals surface area contributed by atoms with Crippen LogP contribution in [0.4, 0.5) is 0 Å². The van der Waals surface area contributed by atoms with Crippen molar-refractivity contribution >= 4 is 39.4 Å². The van der Waals surface area contributed by atoms with Crippen molar-refractivity contribution in [2.45, 2.75) is 52.6 Å². The monoisotopic (exact) mass is 460 g/mol. The van der Waals surface area contributed by atoms with E-state index in [1.807, 2.05) is 59.7 Å². The SMILES string of the molecule is CC(C)[C@@]1(C)N=C(c2cccc(C3=N[C@](C)(C(C)C)C(=O)N3C)c2Br)N(C)C1=O. The van der Waals surface area contributed by atoms with Crippen molar-refractivity contribution in [3.8, 4) is 0 Å². The van der Waals surface area contributed by atoms with Crippen molar-refractivity contribution in [3.63, 3.8) is 0 Å². The van der Waals surface area contributed by atoms with E-state index >= 15 is 0 Å². The maximum atomic E-state index is 12.9. The standard InChI is InChI=1S/C22H29BrN4O2/c1-12(2)21(5)19(28)26(7)17(24-21)14-10-9-11-15(16(14)23)18-25-22(6,13(3)4)20(29)27(18)8/h9-13H,1-8H3/t21-,22-/m1/s1. The number of amidine groups is 2. The number of amides is 2. The van der Waals surface area contributed by atoms with Gasteiger partial charge in [-0.1, -0.05) is 45.9 Å². The fourth-order valence-corrected chi connectivity index (χ4v) is 4.29. The Labute approximate surface area is 181 Å². The Morgan fingerprint density at radius 3 is 1.45 bits per heavy atom. The molecule has 0 saturated heterocycles. The summed E-state index contributed by atoms with van der Waals surface area (Å²) in [6, 6.07) is 5.77. The summed E-state index contributed by atoms with van der Waals surface area (Å²) in [5, 5.41) is 0. The average Bonchev–Trinajstić information content (AvgIpc) is 3.04. The van der Waals surface area contributed by atoms with E-state index in [0.29, 0.717) is 11.7 Å². The van der Waals surface area contributed by atoms with Gasteiger partial charge in [0.05, 0.1) is 0 Å². The Kier molecular flexibility index (Phi) is 5.27. The molecule has 0 radical (unpaired) electrons. The van der Waals surface area contributed by atoms with Gasteiger partial charge in [-0.25, -0.2) is 0 Å². The summed E-state index contributed by atoms with van der Waals surface area (Å²) >= 11 is 3.71. The van der Waals surface area contributed by atoms with Crippen molar-refractivity contribution in [2.24, 2.45) is 21.8 Å². The highest BCUT2D eigenvalue weighted by Gasteiger charge is 2.47. The van der Waals surface area contributed by atoms with Gasteiger partial charge < -0.3 is 0 Å².